The molecule has 0 bridgehead atoms. The van der Waals surface area contributed by atoms with Crippen LogP contribution in [0.5, 0.6) is 5.75 Å². The predicted octanol–water partition coefficient (Wildman–Crippen LogP) is 3.14. The van der Waals surface area contributed by atoms with E-state index >= 15 is 0 Å². The van der Waals surface area contributed by atoms with Crippen LogP contribution in [0.1, 0.15) is 49.0 Å². The molecule has 0 saturated carbocycles. The first-order valence-corrected chi connectivity index (χ1v) is 9.45. The average molecular weight is 363 g/mol. The highest BCUT2D eigenvalue weighted by atomic mass is 16.5. The van der Waals surface area contributed by atoms with E-state index in [4.69, 9.17) is 9.47 Å². The summed E-state index contributed by atoms with van der Waals surface area (Å²) in [7, 11) is 1.55. The highest BCUT2D eigenvalue weighted by Crippen LogP contribution is 2.28. The third-order valence-corrected chi connectivity index (χ3v) is 5.22. The molecule has 0 atom stereocenters. The molecule has 2 rings (SSSR count). The number of benzene rings is 1. The molecule has 26 heavy (non-hydrogen) atoms. The zero-order valence-corrected chi connectivity index (χ0v) is 16.4. The van der Waals surface area contributed by atoms with E-state index in [-0.39, 0.29) is 12.5 Å². The van der Waals surface area contributed by atoms with Gasteiger partial charge in [-0.3, -0.25) is 4.79 Å². The van der Waals surface area contributed by atoms with Crippen molar-refractivity contribution in [2.45, 2.75) is 40.0 Å². The third kappa shape index (κ3) is 4.75. The summed E-state index contributed by atoms with van der Waals surface area (Å²) >= 11 is 0. The molecule has 0 unspecified atom stereocenters. The third-order valence-electron chi connectivity index (χ3n) is 5.22. The maximum absolute atomic E-state index is 12.8. The van der Waals surface area contributed by atoms with Crippen molar-refractivity contribution < 1.29 is 23.5 Å². The van der Waals surface area contributed by atoms with E-state index in [0.29, 0.717) is 23.5 Å². The largest absolute Gasteiger partial charge is 0.497 e. The number of esters is 1. The van der Waals surface area contributed by atoms with Crippen molar-refractivity contribution in [3.05, 3.63) is 23.3 Å². The summed E-state index contributed by atoms with van der Waals surface area (Å²) < 4.78 is 11.2. The molecule has 1 aliphatic heterocycles. The quantitative estimate of drug-likeness (QED) is 0.597. The smallest absolute Gasteiger partial charge is 0.340 e. The SMILES string of the molecule is CCOC(=O)c1cc(OC)cc(C)c1NC(=O)C[N+]1(CC)CCCCC1. The van der Waals surface area contributed by atoms with Crippen molar-refractivity contribution in [1.82, 2.24) is 0 Å². The second-order valence-electron chi connectivity index (χ2n) is 6.96. The van der Waals surface area contributed by atoms with Crippen molar-refractivity contribution in [2.75, 3.05) is 45.2 Å². The number of carbonyl (C=O) groups is 2. The number of nitrogens with one attached hydrogen (secondary N) is 1. The zero-order valence-electron chi connectivity index (χ0n) is 16.4. The van der Waals surface area contributed by atoms with Gasteiger partial charge in [-0.2, -0.15) is 0 Å². The van der Waals surface area contributed by atoms with Crippen molar-refractivity contribution in [1.29, 1.82) is 0 Å². The number of nitrogens with zero attached hydrogens (tertiary/aromatic N) is 1. The molecule has 1 amide bonds. The Hall–Kier alpha value is -2.08. The Bertz CT molecular complexity index is 651. The van der Waals surface area contributed by atoms with Gasteiger partial charge in [-0.15, -0.1) is 0 Å². The van der Waals surface area contributed by atoms with Gasteiger partial charge in [0.1, 0.15) is 5.75 Å². The number of hydrogen-bond donors (Lipinski definition) is 1. The standard InChI is InChI=1S/C20H30N2O4/c1-5-22(10-8-7-9-11-22)14-18(23)21-19-15(3)12-16(25-4)13-17(19)20(24)26-6-2/h12-13H,5-11,14H2,1-4H3/p+1. The topological polar surface area (TPSA) is 64.6 Å². The number of hydrogen-bond acceptors (Lipinski definition) is 4. The number of likely N-dealkylation sites (tertiary alicyclic amines) is 1. The lowest BCUT2D eigenvalue weighted by Gasteiger charge is -2.40. The summed E-state index contributed by atoms with van der Waals surface area (Å²) in [5, 5.41) is 2.96. The summed E-state index contributed by atoms with van der Waals surface area (Å²) in [6, 6.07) is 3.43. The molecule has 1 N–H and O–H groups in total. The van der Waals surface area contributed by atoms with E-state index in [1.165, 1.54) is 6.42 Å². The Balaban J connectivity index is 2.24. The minimum absolute atomic E-state index is 0.0624. The van der Waals surface area contributed by atoms with Crippen LogP contribution in [0.4, 0.5) is 5.69 Å². The molecule has 6 heteroatoms. The molecule has 0 spiro atoms. The number of likely N-dealkylation sites (N-methyl/N-ethyl adjacent to an activating group) is 1. The summed E-state index contributed by atoms with van der Waals surface area (Å²) in [5.41, 5.74) is 1.63. The predicted molar refractivity (Wildman–Crippen MR) is 102 cm³/mol. The van der Waals surface area contributed by atoms with Gasteiger partial charge in [0.2, 0.25) is 0 Å². The molecule has 0 aliphatic carbocycles. The highest BCUT2D eigenvalue weighted by molar-refractivity contribution is 6.03. The molecule has 144 valence electrons. The second-order valence-corrected chi connectivity index (χ2v) is 6.96. The Morgan fingerprint density at radius 1 is 1.15 bits per heavy atom. The van der Waals surface area contributed by atoms with E-state index < -0.39 is 5.97 Å². The lowest BCUT2D eigenvalue weighted by atomic mass is 10.1. The van der Waals surface area contributed by atoms with E-state index in [1.807, 2.05) is 13.0 Å². The number of aryl methyl sites for hydroxylation is 1. The molecule has 0 radical (unpaired) electrons. The maximum atomic E-state index is 12.8. The molecule has 0 aromatic heterocycles. The molecule has 1 aliphatic rings. The van der Waals surface area contributed by atoms with Gasteiger partial charge in [-0.25, -0.2) is 4.79 Å². The molecule has 1 heterocycles. The van der Waals surface area contributed by atoms with Crippen LogP contribution in [0.15, 0.2) is 12.1 Å². The maximum Gasteiger partial charge on any atom is 0.340 e. The minimum atomic E-state index is -0.456. The van der Waals surface area contributed by atoms with E-state index in [9.17, 15) is 9.59 Å². The van der Waals surface area contributed by atoms with Crippen LogP contribution in [0.3, 0.4) is 0 Å². The number of quaternary nitrogens is 1. The lowest BCUT2D eigenvalue weighted by Crippen LogP contribution is -2.55. The molecule has 1 aromatic carbocycles. The number of piperidine rings is 1. The second kappa shape index (κ2) is 9.03. The van der Waals surface area contributed by atoms with Crippen molar-refractivity contribution in [3.63, 3.8) is 0 Å². The van der Waals surface area contributed by atoms with Gasteiger partial charge in [0.05, 0.1) is 44.6 Å². The number of methoxy groups -OCH3 is 1. The Kier molecular flexibility index (Phi) is 7.03. The van der Waals surface area contributed by atoms with Gasteiger partial charge in [-0.1, -0.05) is 0 Å². The summed E-state index contributed by atoms with van der Waals surface area (Å²) in [6.07, 6.45) is 3.57. The van der Waals surface area contributed by atoms with E-state index in [0.717, 1.165) is 42.5 Å². The van der Waals surface area contributed by atoms with Crippen LogP contribution < -0.4 is 10.1 Å². The molecule has 6 nitrogen and oxygen atoms in total. The van der Waals surface area contributed by atoms with Crippen LogP contribution in [-0.2, 0) is 9.53 Å². The molecule has 1 saturated heterocycles. The number of rotatable bonds is 7. The first-order chi connectivity index (χ1) is 12.4. The Morgan fingerprint density at radius 3 is 2.42 bits per heavy atom. The monoisotopic (exact) mass is 363 g/mol. The van der Waals surface area contributed by atoms with Crippen LogP contribution in [0.25, 0.3) is 0 Å². The van der Waals surface area contributed by atoms with Gasteiger partial charge in [0.15, 0.2) is 6.54 Å². The van der Waals surface area contributed by atoms with Crippen molar-refractivity contribution >= 4 is 17.6 Å². The van der Waals surface area contributed by atoms with Gasteiger partial charge < -0.3 is 19.3 Å². The van der Waals surface area contributed by atoms with E-state index in [2.05, 4.69) is 12.2 Å². The molecular formula is C20H31N2O4+. The number of anilines is 1. The van der Waals surface area contributed by atoms with Gasteiger partial charge >= 0.3 is 5.97 Å². The minimum Gasteiger partial charge on any atom is -0.497 e. The fourth-order valence-electron chi connectivity index (χ4n) is 3.66. The first kappa shape index (κ1) is 20.2. The fourth-order valence-corrected chi connectivity index (χ4v) is 3.66. The Morgan fingerprint density at radius 2 is 1.85 bits per heavy atom. The van der Waals surface area contributed by atoms with Crippen LogP contribution in [-0.4, -0.2) is 56.3 Å². The number of ether oxygens (including phenoxy) is 2. The lowest BCUT2D eigenvalue weighted by molar-refractivity contribution is -0.923. The fraction of sp³-hybridized carbons (Fsp3) is 0.600. The molecule has 1 aromatic rings. The van der Waals surface area contributed by atoms with Crippen LogP contribution >= 0.6 is 0 Å². The van der Waals surface area contributed by atoms with Gasteiger partial charge in [0.25, 0.3) is 5.91 Å². The highest BCUT2D eigenvalue weighted by Gasteiger charge is 2.31. The Labute approximate surface area is 156 Å². The summed E-state index contributed by atoms with van der Waals surface area (Å²) in [5.74, 6) is 0.0476. The van der Waals surface area contributed by atoms with E-state index in [1.54, 1.807) is 20.1 Å². The summed E-state index contributed by atoms with van der Waals surface area (Å²) in [4.78, 5) is 25.1. The molecular weight excluding hydrogens is 332 g/mol. The summed E-state index contributed by atoms with van der Waals surface area (Å²) in [6.45, 7) is 9.48. The number of carbonyl (C=O) groups excluding carboxylic acids is 2. The zero-order chi connectivity index (χ0) is 19.2. The van der Waals surface area contributed by atoms with Crippen molar-refractivity contribution in [2.24, 2.45) is 0 Å². The number of amides is 1. The van der Waals surface area contributed by atoms with Crippen LogP contribution in [0.2, 0.25) is 0 Å². The van der Waals surface area contributed by atoms with Gasteiger partial charge in [0, 0.05) is 0 Å². The normalized spacial score (nSPS) is 16.0. The van der Waals surface area contributed by atoms with Gasteiger partial charge in [-0.05, 0) is 57.7 Å². The first-order valence-electron chi connectivity index (χ1n) is 9.45. The van der Waals surface area contributed by atoms with Crippen LogP contribution in [0, 0.1) is 6.92 Å². The van der Waals surface area contributed by atoms with Crippen molar-refractivity contribution in [3.8, 4) is 5.75 Å². The average Bonchev–Trinajstić information content (AvgIpc) is 2.64. The molecule has 1 fully saturated rings.